The van der Waals surface area contributed by atoms with Crippen LogP contribution in [-0.4, -0.2) is 13.4 Å². The second kappa shape index (κ2) is 4.78. The Morgan fingerprint density at radius 2 is 1.94 bits per heavy atom. The monoisotopic (exact) mass is 230 g/mol. The lowest BCUT2D eigenvalue weighted by Crippen LogP contribution is -1.91. The highest BCUT2D eigenvalue weighted by atomic mass is 19.1. The van der Waals surface area contributed by atoms with E-state index in [0.717, 1.165) is 6.29 Å². The summed E-state index contributed by atoms with van der Waals surface area (Å²) in [4.78, 5) is 10.7. The molecule has 0 amide bonds. The Bertz CT molecular complexity index is 550. The van der Waals surface area contributed by atoms with Crippen LogP contribution in [0.1, 0.15) is 10.4 Å². The fraction of sp³-hybridized carbons (Fsp3) is 0.0714. The minimum Gasteiger partial charge on any atom is -0.494 e. The molecule has 2 aromatic carbocycles. The zero-order chi connectivity index (χ0) is 12.3. The molecule has 2 rings (SSSR count). The number of hydrogen-bond acceptors (Lipinski definition) is 2. The molecule has 17 heavy (non-hydrogen) atoms. The number of ether oxygens (including phenoxy) is 1. The summed E-state index contributed by atoms with van der Waals surface area (Å²) >= 11 is 0. The van der Waals surface area contributed by atoms with E-state index in [1.54, 1.807) is 42.5 Å². The minimum absolute atomic E-state index is 0.194. The summed E-state index contributed by atoms with van der Waals surface area (Å²) in [6, 6.07) is 11.7. The van der Waals surface area contributed by atoms with Gasteiger partial charge in [0.2, 0.25) is 0 Å². The molecule has 0 saturated heterocycles. The number of halogens is 1. The van der Waals surface area contributed by atoms with Crippen LogP contribution < -0.4 is 4.74 Å². The van der Waals surface area contributed by atoms with Crippen LogP contribution in [0.5, 0.6) is 5.75 Å². The summed E-state index contributed by atoms with van der Waals surface area (Å²) < 4.78 is 18.9. The molecule has 0 bridgehead atoms. The number of carbonyl (C=O) groups excluding carboxylic acids is 1. The molecule has 0 heterocycles. The third-order valence-electron chi connectivity index (χ3n) is 2.52. The highest BCUT2D eigenvalue weighted by Gasteiger charge is 2.10. The molecule has 0 aliphatic carbocycles. The van der Waals surface area contributed by atoms with Crippen LogP contribution in [0.4, 0.5) is 4.39 Å². The van der Waals surface area contributed by atoms with Gasteiger partial charge in [-0.05, 0) is 17.7 Å². The SMILES string of the molecule is COc1cccc(-c2cccc(C=O)c2)c1F. The number of benzene rings is 2. The summed E-state index contributed by atoms with van der Waals surface area (Å²) in [6.45, 7) is 0. The molecule has 2 aromatic rings. The predicted octanol–water partition coefficient (Wildman–Crippen LogP) is 3.31. The van der Waals surface area contributed by atoms with E-state index >= 15 is 0 Å². The first-order chi connectivity index (χ1) is 8.26. The second-order valence-corrected chi connectivity index (χ2v) is 3.57. The van der Waals surface area contributed by atoms with Crippen molar-refractivity contribution in [1.82, 2.24) is 0 Å². The van der Waals surface area contributed by atoms with Crippen molar-refractivity contribution in [2.75, 3.05) is 7.11 Å². The molecule has 0 saturated carbocycles. The maximum Gasteiger partial charge on any atom is 0.172 e. The lowest BCUT2D eigenvalue weighted by molar-refractivity contribution is 0.112. The molecular formula is C14H11FO2. The Hall–Kier alpha value is -2.16. The molecule has 0 aliphatic heterocycles. The van der Waals surface area contributed by atoms with Crippen LogP contribution in [0.2, 0.25) is 0 Å². The topological polar surface area (TPSA) is 26.3 Å². The van der Waals surface area contributed by atoms with Gasteiger partial charge in [-0.3, -0.25) is 4.79 Å². The van der Waals surface area contributed by atoms with E-state index in [0.29, 0.717) is 16.7 Å². The molecule has 0 aliphatic rings. The van der Waals surface area contributed by atoms with Gasteiger partial charge in [0.25, 0.3) is 0 Å². The van der Waals surface area contributed by atoms with Crippen molar-refractivity contribution in [3.8, 4) is 16.9 Å². The molecule has 0 N–H and O–H groups in total. The van der Waals surface area contributed by atoms with E-state index in [1.807, 2.05) is 0 Å². The molecule has 0 spiro atoms. The van der Waals surface area contributed by atoms with Crippen molar-refractivity contribution < 1.29 is 13.9 Å². The number of methoxy groups -OCH3 is 1. The van der Waals surface area contributed by atoms with E-state index in [2.05, 4.69) is 0 Å². The normalized spacial score (nSPS) is 10.0. The van der Waals surface area contributed by atoms with Gasteiger partial charge >= 0.3 is 0 Å². The van der Waals surface area contributed by atoms with Gasteiger partial charge in [-0.1, -0.05) is 30.3 Å². The highest BCUT2D eigenvalue weighted by Crippen LogP contribution is 2.29. The quantitative estimate of drug-likeness (QED) is 0.756. The molecule has 3 heteroatoms. The van der Waals surface area contributed by atoms with E-state index in [4.69, 9.17) is 4.74 Å². The van der Waals surface area contributed by atoms with Crippen molar-refractivity contribution in [1.29, 1.82) is 0 Å². The first-order valence-corrected chi connectivity index (χ1v) is 5.14. The zero-order valence-corrected chi connectivity index (χ0v) is 9.31. The fourth-order valence-electron chi connectivity index (χ4n) is 1.67. The molecule has 0 fully saturated rings. The van der Waals surface area contributed by atoms with Crippen LogP contribution in [0.3, 0.4) is 0 Å². The van der Waals surface area contributed by atoms with Gasteiger partial charge in [-0.25, -0.2) is 4.39 Å². The van der Waals surface area contributed by atoms with E-state index in [-0.39, 0.29) is 5.75 Å². The standard InChI is InChI=1S/C14H11FO2/c1-17-13-7-3-6-12(14(13)15)11-5-2-4-10(8-11)9-16/h2-9H,1H3. The maximum absolute atomic E-state index is 14.0. The maximum atomic E-state index is 14.0. The smallest absolute Gasteiger partial charge is 0.172 e. The van der Waals surface area contributed by atoms with E-state index < -0.39 is 5.82 Å². The number of aldehydes is 1. The fourth-order valence-corrected chi connectivity index (χ4v) is 1.67. The summed E-state index contributed by atoms with van der Waals surface area (Å²) in [5.41, 5.74) is 1.60. The molecule has 86 valence electrons. The van der Waals surface area contributed by atoms with Crippen LogP contribution in [-0.2, 0) is 0 Å². The van der Waals surface area contributed by atoms with Gasteiger partial charge in [0.1, 0.15) is 6.29 Å². The molecule has 0 atom stereocenters. The summed E-state index contributed by atoms with van der Waals surface area (Å²) in [6.07, 6.45) is 0.738. The molecular weight excluding hydrogens is 219 g/mol. The molecule has 0 radical (unpaired) electrons. The van der Waals surface area contributed by atoms with Crippen LogP contribution in [0.15, 0.2) is 42.5 Å². The Morgan fingerprint density at radius 1 is 1.18 bits per heavy atom. The highest BCUT2D eigenvalue weighted by molar-refractivity contribution is 5.79. The van der Waals surface area contributed by atoms with Crippen molar-refractivity contribution in [2.45, 2.75) is 0 Å². The third-order valence-corrected chi connectivity index (χ3v) is 2.52. The molecule has 2 nitrogen and oxygen atoms in total. The van der Waals surface area contributed by atoms with E-state index in [9.17, 15) is 9.18 Å². The third kappa shape index (κ3) is 2.18. The van der Waals surface area contributed by atoms with Crippen LogP contribution in [0.25, 0.3) is 11.1 Å². The zero-order valence-electron chi connectivity index (χ0n) is 9.31. The second-order valence-electron chi connectivity index (χ2n) is 3.57. The lowest BCUT2D eigenvalue weighted by Gasteiger charge is -2.07. The number of hydrogen-bond donors (Lipinski definition) is 0. The Balaban J connectivity index is 2.56. The minimum atomic E-state index is -0.418. The average Bonchev–Trinajstić information content (AvgIpc) is 2.39. The van der Waals surface area contributed by atoms with Crippen LogP contribution in [0, 0.1) is 5.82 Å². The van der Waals surface area contributed by atoms with Gasteiger partial charge in [0, 0.05) is 11.1 Å². The van der Waals surface area contributed by atoms with Gasteiger partial charge in [-0.15, -0.1) is 0 Å². The number of carbonyl (C=O) groups is 1. The molecule has 0 aromatic heterocycles. The van der Waals surface area contributed by atoms with Gasteiger partial charge in [0.15, 0.2) is 11.6 Å². The first kappa shape index (κ1) is 11.3. The average molecular weight is 230 g/mol. The van der Waals surface area contributed by atoms with Crippen molar-refractivity contribution in [2.24, 2.45) is 0 Å². The predicted molar refractivity (Wildman–Crippen MR) is 63.8 cm³/mol. The van der Waals surface area contributed by atoms with E-state index in [1.165, 1.54) is 7.11 Å². The summed E-state index contributed by atoms with van der Waals surface area (Å²) in [7, 11) is 1.42. The van der Waals surface area contributed by atoms with Gasteiger partial charge in [-0.2, -0.15) is 0 Å². The van der Waals surface area contributed by atoms with Gasteiger partial charge < -0.3 is 4.74 Å². The Labute approximate surface area is 98.7 Å². The molecule has 0 unspecified atom stereocenters. The first-order valence-electron chi connectivity index (χ1n) is 5.14. The summed E-state index contributed by atoms with van der Waals surface area (Å²) in [5.74, 6) is -0.225. The van der Waals surface area contributed by atoms with Crippen molar-refractivity contribution >= 4 is 6.29 Å². The van der Waals surface area contributed by atoms with Crippen molar-refractivity contribution in [3.63, 3.8) is 0 Å². The van der Waals surface area contributed by atoms with Crippen LogP contribution >= 0.6 is 0 Å². The Kier molecular flexibility index (Phi) is 3.19. The Morgan fingerprint density at radius 3 is 2.65 bits per heavy atom. The number of rotatable bonds is 3. The summed E-state index contributed by atoms with van der Waals surface area (Å²) in [5, 5.41) is 0. The van der Waals surface area contributed by atoms with Crippen molar-refractivity contribution in [3.05, 3.63) is 53.8 Å². The van der Waals surface area contributed by atoms with Gasteiger partial charge in [0.05, 0.1) is 7.11 Å². The lowest BCUT2D eigenvalue weighted by atomic mass is 10.0. The largest absolute Gasteiger partial charge is 0.494 e.